The number of hydrogen-bond acceptors (Lipinski definition) is 2. The van der Waals surface area contributed by atoms with E-state index in [4.69, 9.17) is 0 Å². The van der Waals surface area contributed by atoms with Crippen LogP contribution in [0.5, 0.6) is 0 Å². The van der Waals surface area contributed by atoms with Crippen molar-refractivity contribution in [3.8, 4) is 22.3 Å². The Morgan fingerprint density at radius 2 is 1.14 bits per heavy atom. The molecule has 5 heteroatoms. The van der Waals surface area contributed by atoms with E-state index in [1.807, 2.05) is 24.5 Å². The van der Waals surface area contributed by atoms with Crippen LogP contribution in [0.2, 0.25) is 0 Å². The molecule has 144 valence electrons. The molecule has 29 heavy (non-hydrogen) atoms. The maximum Gasteiger partial charge on any atom is 0.0525 e. The average molecular weight is 573 g/mol. The molecule has 0 spiro atoms. The molecule has 0 fully saturated rings. The SMILES string of the molecule is BrBr.Brc1ccc2c(c1)-c1cccnc1C2.c1ccc2c(c1)Cc1ncccc1-2. The monoisotopic (exact) mass is 570 g/mol. The maximum absolute atomic E-state index is 4.39. The van der Waals surface area contributed by atoms with Crippen LogP contribution >= 0.6 is 44.2 Å². The van der Waals surface area contributed by atoms with Gasteiger partial charge in [0.1, 0.15) is 0 Å². The molecule has 0 unspecified atom stereocenters. The van der Waals surface area contributed by atoms with Crippen molar-refractivity contribution in [1.82, 2.24) is 9.97 Å². The normalized spacial score (nSPS) is 11.7. The summed E-state index contributed by atoms with van der Waals surface area (Å²) in [5.74, 6) is 0. The lowest BCUT2D eigenvalue weighted by atomic mass is 10.1. The van der Waals surface area contributed by atoms with E-state index in [2.05, 4.69) is 109 Å². The Labute approximate surface area is 194 Å². The summed E-state index contributed by atoms with van der Waals surface area (Å²) in [6, 6.07) is 23.2. The van der Waals surface area contributed by atoms with E-state index in [0.717, 1.165) is 17.3 Å². The molecule has 0 amide bonds. The van der Waals surface area contributed by atoms with E-state index >= 15 is 0 Å². The summed E-state index contributed by atoms with van der Waals surface area (Å²) in [5, 5.41) is 0. The Balaban J connectivity index is 0.000000131. The Kier molecular flexibility index (Phi) is 6.58. The standard InChI is InChI=1S/C12H8BrN.C12H9N.Br2/c13-9-4-3-8-6-12-10(11(8)7-9)2-1-5-14-12;1-2-5-10-9(4-1)8-12-11(10)6-3-7-13-12;1-2/h1-5,7H,6H2;1-7H,8H2;. The Morgan fingerprint density at radius 3 is 1.83 bits per heavy atom. The molecular formula is C24H17Br3N2. The van der Waals surface area contributed by atoms with Crippen LogP contribution in [-0.4, -0.2) is 9.97 Å². The molecule has 2 heterocycles. The van der Waals surface area contributed by atoms with Gasteiger partial charge in [0.2, 0.25) is 0 Å². The summed E-state index contributed by atoms with van der Waals surface area (Å²) in [6.45, 7) is 0. The minimum absolute atomic E-state index is 0.971. The van der Waals surface area contributed by atoms with Gasteiger partial charge in [-0.25, -0.2) is 0 Å². The number of fused-ring (bicyclic) bond motifs is 6. The minimum Gasteiger partial charge on any atom is -0.260 e. The van der Waals surface area contributed by atoms with Crippen LogP contribution in [-0.2, 0) is 12.8 Å². The molecule has 0 saturated heterocycles. The number of rotatable bonds is 0. The van der Waals surface area contributed by atoms with Gasteiger partial charge in [-0.1, -0.05) is 58.4 Å². The van der Waals surface area contributed by atoms with Gasteiger partial charge in [-0.05, 0) is 46.5 Å². The van der Waals surface area contributed by atoms with E-state index < -0.39 is 0 Å². The highest BCUT2D eigenvalue weighted by atomic mass is 80.9. The number of halogens is 3. The van der Waals surface area contributed by atoms with Crippen LogP contribution in [0.15, 0.2) is 83.6 Å². The summed E-state index contributed by atoms with van der Waals surface area (Å²) in [5.41, 5.74) is 10.4. The van der Waals surface area contributed by atoms with Gasteiger partial charge in [0.05, 0.1) is 11.4 Å². The van der Waals surface area contributed by atoms with Crippen molar-refractivity contribution in [2.24, 2.45) is 0 Å². The van der Waals surface area contributed by atoms with Crippen molar-refractivity contribution in [2.75, 3.05) is 0 Å². The third-order valence-corrected chi connectivity index (χ3v) is 5.66. The second-order valence-electron chi connectivity index (χ2n) is 6.81. The molecule has 2 aromatic carbocycles. The predicted molar refractivity (Wildman–Crippen MR) is 131 cm³/mol. The summed E-state index contributed by atoms with van der Waals surface area (Å²) in [4.78, 5) is 8.76. The van der Waals surface area contributed by atoms with Crippen molar-refractivity contribution in [2.45, 2.75) is 12.8 Å². The first kappa shape index (κ1) is 20.5. The zero-order valence-electron chi connectivity index (χ0n) is 15.4. The number of benzene rings is 2. The van der Waals surface area contributed by atoms with Crippen LogP contribution < -0.4 is 0 Å². The summed E-state index contributed by atoms with van der Waals surface area (Å²) >= 11 is 9.00. The van der Waals surface area contributed by atoms with Crippen molar-refractivity contribution in [3.63, 3.8) is 0 Å². The van der Waals surface area contributed by atoms with Gasteiger partial charge in [0.15, 0.2) is 0 Å². The highest BCUT2D eigenvalue weighted by Gasteiger charge is 2.19. The second kappa shape index (κ2) is 9.33. The molecule has 4 aromatic rings. The highest BCUT2D eigenvalue weighted by Crippen LogP contribution is 2.36. The zero-order chi connectivity index (χ0) is 20.2. The van der Waals surface area contributed by atoms with Crippen LogP contribution in [0.3, 0.4) is 0 Å². The van der Waals surface area contributed by atoms with Crippen molar-refractivity contribution in [1.29, 1.82) is 0 Å². The molecule has 0 radical (unpaired) electrons. The quantitative estimate of drug-likeness (QED) is 0.186. The van der Waals surface area contributed by atoms with E-state index in [9.17, 15) is 0 Å². The minimum atomic E-state index is 0.971. The summed E-state index contributed by atoms with van der Waals surface area (Å²) < 4.78 is 1.13. The van der Waals surface area contributed by atoms with E-state index in [0.29, 0.717) is 0 Å². The van der Waals surface area contributed by atoms with Crippen LogP contribution in [0.1, 0.15) is 22.5 Å². The topological polar surface area (TPSA) is 25.8 Å². The third-order valence-electron chi connectivity index (χ3n) is 5.17. The van der Waals surface area contributed by atoms with Crippen molar-refractivity contribution >= 4 is 44.2 Å². The number of pyridine rings is 2. The van der Waals surface area contributed by atoms with Gasteiger partial charge in [0, 0.05) is 69.1 Å². The van der Waals surface area contributed by atoms with Gasteiger partial charge >= 0.3 is 0 Å². The fourth-order valence-corrected chi connectivity index (χ4v) is 4.26. The number of aromatic nitrogens is 2. The van der Waals surface area contributed by atoms with Gasteiger partial charge in [-0.15, -0.1) is 0 Å². The smallest absolute Gasteiger partial charge is 0.0525 e. The lowest BCUT2D eigenvalue weighted by molar-refractivity contribution is 1.12. The van der Waals surface area contributed by atoms with Gasteiger partial charge in [-0.3, -0.25) is 9.97 Å². The molecule has 2 nitrogen and oxygen atoms in total. The van der Waals surface area contributed by atoms with Crippen molar-refractivity contribution in [3.05, 3.63) is 106 Å². The first-order valence-corrected chi connectivity index (χ1v) is 13.7. The predicted octanol–water partition coefficient (Wildman–Crippen LogP) is 7.76. The number of nitrogens with zero attached hydrogens (tertiary/aromatic N) is 2. The lowest BCUT2D eigenvalue weighted by Gasteiger charge is -1.99. The van der Waals surface area contributed by atoms with E-state index in [-0.39, 0.29) is 0 Å². The molecule has 0 aliphatic heterocycles. The molecule has 2 aliphatic carbocycles. The Hall–Kier alpha value is -1.82. The second-order valence-corrected chi connectivity index (χ2v) is 7.72. The van der Waals surface area contributed by atoms with E-state index in [1.165, 1.54) is 44.8 Å². The summed E-state index contributed by atoms with van der Waals surface area (Å²) in [6.07, 6.45) is 5.69. The van der Waals surface area contributed by atoms with Gasteiger partial charge in [-0.2, -0.15) is 0 Å². The molecule has 2 aliphatic rings. The lowest BCUT2D eigenvalue weighted by Crippen LogP contribution is -1.83. The third kappa shape index (κ3) is 4.23. The molecule has 0 bridgehead atoms. The molecule has 0 saturated carbocycles. The highest BCUT2D eigenvalue weighted by molar-refractivity contribution is 9.93. The van der Waals surface area contributed by atoms with Gasteiger partial charge < -0.3 is 0 Å². The fraction of sp³-hybridized carbons (Fsp3) is 0.0833. The van der Waals surface area contributed by atoms with Crippen LogP contribution in [0.25, 0.3) is 22.3 Å². The molecular weight excluding hydrogens is 556 g/mol. The van der Waals surface area contributed by atoms with Crippen molar-refractivity contribution < 1.29 is 0 Å². The van der Waals surface area contributed by atoms with E-state index in [1.54, 1.807) is 0 Å². The van der Waals surface area contributed by atoms with Gasteiger partial charge in [0.25, 0.3) is 0 Å². The molecule has 0 N–H and O–H groups in total. The summed E-state index contributed by atoms with van der Waals surface area (Å²) in [7, 11) is 0. The first-order valence-electron chi connectivity index (χ1n) is 9.19. The zero-order valence-corrected chi connectivity index (χ0v) is 20.2. The molecule has 2 aromatic heterocycles. The maximum atomic E-state index is 4.39. The molecule has 6 rings (SSSR count). The number of hydrogen-bond donors (Lipinski definition) is 0. The molecule has 0 atom stereocenters. The Morgan fingerprint density at radius 1 is 0.586 bits per heavy atom. The largest absolute Gasteiger partial charge is 0.260 e. The fourth-order valence-electron chi connectivity index (χ4n) is 3.90. The first-order chi connectivity index (χ1) is 14.3. The van der Waals surface area contributed by atoms with Crippen LogP contribution in [0, 0.1) is 0 Å². The van der Waals surface area contributed by atoms with Crippen LogP contribution in [0.4, 0.5) is 0 Å². The Bertz CT molecular complexity index is 1110. The average Bonchev–Trinajstić information content (AvgIpc) is 3.34.